The van der Waals surface area contributed by atoms with Crippen LogP contribution in [0.4, 0.5) is 0 Å². The van der Waals surface area contributed by atoms with Crippen molar-refractivity contribution in [2.24, 2.45) is 0 Å². The zero-order valence-corrected chi connectivity index (χ0v) is 6.50. The minimum absolute atomic E-state index is 0.0274. The topological polar surface area (TPSA) is 29.1 Å². The van der Waals surface area contributed by atoms with Crippen molar-refractivity contribution in [2.45, 2.75) is 13.3 Å². The van der Waals surface area contributed by atoms with E-state index in [9.17, 15) is 4.79 Å². The van der Waals surface area contributed by atoms with E-state index in [4.69, 9.17) is 0 Å². The normalized spacial score (nSPS) is 18.8. The van der Waals surface area contributed by atoms with Crippen LogP contribution in [0.2, 0.25) is 0 Å². The molecular weight excluding hydrogens is 138 g/mol. The van der Waals surface area contributed by atoms with E-state index in [2.05, 4.69) is 5.32 Å². The summed E-state index contributed by atoms with van der Waals surface area (Å²) in [6, 6.07) is 0. The summed E-state index contributed by atoms with van der Waals surface area (Å²) in [5, 5.41) is 2.63. The van der Waals surface area contributed by atoms with Gasteiger partial charge in [0.2, 0.25) is 5.91 Å². The molecule has 0 spiro atoms. The molecule has 0 unspecified atom stereocenters. The van der Waals surface area contributed by atoms with Gasteiger partial charge in [-0.05, 0) is 12.0 Å². The van der Waals surface area contributed by atoms with Gasteiger partial charge in [0.1, 0.15) is 0 Å². The summed E-state index contributed by atoms with van der Waals surface area (Å²) in [7, 11) is 0. The van der Waals surface area contributed by atoms with E-state index >= 15 is 0 Å². The highest BCUT2D eigenvalue weighted by Crippen LogP contribution is 2.07. The van der Waals surface area contributed by atoms with Crippen LogP contribution in [-0.2, 0) is 4.79 Å². The minimum Gasteiger partial charge on any atom is -0.333 e. The van der Waals surface area contributed by atoms with Gasteiger partial charge in [0.05, 0.1) is 0 Å². The summed E-state index contributed by atoms with van der Waals surface area (Å²) in [6.07, 6.45) is 10.6. The van der Waals surface area contributed by atoms with Crippen molar-refractivity contribution < 1.29 is 4.79 Å². The molecule has 0 aliphatic heterocycles. The fourth-order valence-electron chi connectivity index (χ4n) is 0.831. The van der Waals surface area contributed by atoms with Gasteiger partial charge in [0.15, 0.2) is 0 Å². The number of allylic oxidation sites excluding steroid dienone is 5. The molecule has 11 heavy (non-hydrogen) atoms. The lowest BCUT2D eigenvalue weighted by molar-refractivity contribution is -0.118. The molecule has 0 saturated heterocycles. The SMILES string of the molecule is CC(=O)NC=C1C=CC=CC1. The Kier molecular flexibility index (Phi) is 2.66. The Bertz CT molecular complexity index is 236. The molecule has 58 valence electrons. The van der Waals surface area contributed by atoms with Gasteiger partial charge in [-0.1, -0.05) is 24.3 Å². The third-order valence-electron chi connectivity index (χ3n) is 1.37. The van der Waals surface area contributed by atoms with Gasteiger partial charge in [-0.3, -0.25) is 4.79 Å². The van der Waals surface area contributed by atoms with Crippen molar-refractivity contribution >= 4 is 5.91 Å². The maximum atomic E-state index is 10.5. The number of hydrogen-bond acceptors (Lipinski definition) is 1. The molecule has 0 fully saturated rings. The van der Waals surface area contributed by atoms with Crippen molar-refractivity contribution in [1.82, 2.24) is 5.32 Å². The molecule has 1 N–H and O–H groups in total. The second-order valence-electron chi connectivity index (χ2n) is 2.41. The Morgan fingerprint density at radius 3 is 3.00 bits per heavy atom. The molecule has 1 amide bonds. The predicted molar refractivity (Wildman–Crippen MR) is 44.8 cm³/mol. The Labute approximate surface area is 66.3 Å². The van der Waals surface area contributed by atoms with E-state index < -0.39 is 0 Å². The van der Waals surface area contributed by atoms with Crippen LogP contribution in [0.25, 0.3) is 0 Å². The molecule has 0 aromatic carbocycles. The molecule has 2 heteroatoms. The lowest BCUT2D eigenvalue weighted by Gasteiger charge is -2.01. The first kappa shape index (κ1) is 7.79. The van der Waals surface area contributed by atoms with E-state index in [1.165, 1.54) is 6.92 Å². The van der Waals surface area contributed by atoms with Crippen LogP contribution in [0, 0.1) is 0 Å². The molecule has 1 rings (SSSR count). The van der Waals surface area contributed by atoms with E-state index in [1.807, 2.05) is 24.3 Å². The van der Waals surface area contributed by atoms with E-state index in [0.29, 0.717) is 0 Å². The first-order valence-corrected chi connectivity index (χ1v) is 3.58. The first-order valence-electron chi connectivity index (χ1n) is 3.58. The van der Waals surface area contributed by atoms with E-state index in [-0.39, 0.29) is 5.91 Å². The molecule has 1 aliphatic rings. The Morgan fingerprint density at radius 2 is 2.45 bits per heavy atom. The van der Waals surface area contributed by atoms with Gasteiger partial charge in [0.25, 0.3) is 0 Å². The molecule has 1 aliphatic carbocycles. The molecule has 0 aromatic rings. The van der Waals surface area contributed by atoms with Crippen LogP contribution in [0.5, 0.6) is 0 Å². The zero-order chi connectivity index (χ0) is 8.10. The van der Waals surface area contributed by atoms with Crippen LogP contribution in [0.15, 0.2) is 36.1 Å². The van der Waals surface area contributed by atoms with E-state index in [1.54, 1.807) is 6.20 Å². The molecule has 0 aromatic heterocycles. The molecule has 0 radical (unpaired) electrons. The summed E-state index contributed by atoms with van der Waals surface area (Å²) in [5.74, 6) is -0.0274. The van der Waals surface area contributed by atoms with Crippen molar-refractivity contribution in [3.05, 3.63) is 36.1 Å². The lowest BCUT2D eigenvalue weighted by atomic mass is 10.1. The summed E-state index contributed by atoms with van der Waals surface area (Å²) in [4.78, 5) is 10.5. The number of rotatable bonds is 1. The summed E-state index contributed by atoms with van der Waals surface area (Å²) < 4.78 is 0. The average Bonchev–Trinajstić information content (AvgIpc) is 2.03. The fourth-order valence-corrected chi connectivity index (χ4v) is 0.831. The molecule has 0 bridgehead atoms. The Morgan fingerprint density at radius 1 is 1.64 bits per heavy atom. The van der Waals surface area contributed by atoms with Gasteiger partial charge in [-0.25, -0.2) is 0 Å². The molecule has 0 atom stereocenters. The van der Waals surface area contributed by atoms with Crippen molar-refractivity contribution in [2.75, 3.05) is 0 Å². The van der Waals surface area contributed by atoms with Gasteiger partial charge in [-0.15, -0.1) is 0 Å². The number of nitrogens with one attached hydrogen (secondary N) is 1. The molecule has 2 nitrogen and oxygen atoms in total. The minimum atomic E-state index is -0.0274. The quantitative estimate of drug-likeness (QED) is 0.601. The standard InChI is InChI=1S/C9H11NO/c1-8(11)10-7-9-5-3-2-4-6-9/h2-5,7H,6H2,1H3,(H,10,11). The summed E-state index contributed by atoms with van der Waals surface area (Å²) in [5.41, 5.74) is 1.13. The van der Waals surface area contributed by atoms with Crippen molar-refractivity contribution in [1.29, 1.82) is 0 Å². The first-order chi connectivity index (χ1) is 5.29. The van der Waals surface area contributed by atoms with Crippen LogP contribution in [0.1, 0.15) is 13.3 Å². The number of carbonyl (C=O) groups is 1. The highest BCUT2D eigenvalue weighted by molar-refractivity contribution is 5.74. The number of hydrogen-bond donors (Lipinski definition) is 1. The summed E-state index contributed by atoms with van der Waals surface area (Å²) in [6.45, 7) is 1.50. The third-order valence-corrected chi connectivity index (χ3v) is 1.37. The maximum Gasteiger partial charge on any atom is 0.220 e. The molecule has 0 saturated carbocycles. The summed E-state index contributed by atoms with van der Waals surface area (Å²) >= 11 is 0. The van der Waals surface area contributed by atoms with Gasteiger partial charge in [-0.2, -0.15) is 0 Å². The third kappa shape index (κ3) is 2.85. The fraction of sp³-hybridized carbons (Fsp3) is 0.222. The van der Waals surface area contributed by atoms with Gasteiger partial charge >= 0.3 is 0 Å². The van der Waals surface area contributed by atoms with Crippen molar-refractivity contribution in [3.63, 3.8) is 0 Å². The largest absolute Gasteiger partial charge is 0.333 e. The number of amides is 1. The Hall–Kier alpha value is -1.31. The van der Waals surface area contributed by atoms with E-state index in [0.717, 1.165) is 12.0 Å². The predicted octanol–water partition coefficient (Wildman–Crippen LogP) is 1.52. The van der Waals surface area contributed by atoms with Gasteiger partial charge < -0.3 is 5.32 Å². The van der Waals surface area contributed by atoms with Crippen LogP contribution < -0.4 is 5.32 Å². The second-order valence-corrected chi connectivity index (χ2v) is 2.41. The van der Waals surface area contributed by atoms with Crippen molar-refractivity contribution in [3.8, 4) is 0 Å². The highest BCUT2D eigenvalue weighted by Gasteiger charge is 1.92. The maximum absolute atomic E-state index is 10.5. The molecule has 0 heterocycles. The molecular formula is C9H11NO. The lowest BCUT2D eigenvalue weighted by Crippen LogP contribution is -2.12. The number of carbonyl (C=O) groups excluding carboxylic acids is 1. The monoisotopic (exact) mass is 149 g/mol. The Balaban J connectivity index is 2.47. The second kappa shape index (κ2) is 3.76. The highest BCUT2D eigenvalue weighted by atomic mass is 16.1. The van der Waals surface area contributed by atoms with Crippen LogP contribution >= 0.6 is 0 Å². The smallest absolute Gasteiger partial charge is 0.220 e. The zero-order valence-electron chi connectivity index (χ0n) is 6.50. The van der Waals surface area contributed by atoms with Gasteiger partial charge in [0, 0.05) is 13.1 Å². The average molecular weight is 149 g/mol. The van der Waals surface area contributed by atoms with Crippen LogP contribution in [0.3, 0.4) is 0 Å². The van der Waals surface area contributed by atoms with Crippen LogP contribution in [-0.4, -0.2) is 5.91 Å².